The van der Waals surface area contributed by atoms with Gasteiger partial charge in [0.05, 0.1) is 7.11 Å². The van der Waals surface area contributed by atoms with Gasteiger partial charge in [-0.1, -0.05) is 12.1 Å². The van der Waals surface area contributed by atoms with Crippen LogP contribution in [0.4, 0.5) is 0 Å². The first kappa shape index (κ1) is 20.7. The monoisotopic (exact) mass is 394 g/mol. The minimum atomic E-state index is -3.82. The Hall–Kier alpha value is -2.65. The fourth-order valence-electron chi connectivity index (χ4n) is 2.57. The molecule has 27 heavy (non-hydrogen) atoms. The van der Waals surface area contributed by atoms with Crippen LogP contribution in [0.25, 0.3) is 11.1 Å². The van der Waals surface area contributed by atoms with E-state index < -0.39 is 20.5 Å². The summed E-state index contributed by atoms with van der Waals surface area (Å²) in [5.41, 5.74) is 2.60. The number of nitrogens with zero attached hydrogens (tertiary/aromatic N) is 1. The third kappa shape index (κ3) is 4.37. The van der Waals surface area contributed by atoms with E-state index in [1.165, 1.54) is 23.0 Å². The van der Waals surface area contributed by atoms with Gasteiger partial charge in [0.2, 0.25) is 0 Å². The molecule has 0 bridgehead atoms. The summed E-state index contributed by atoms with van der Waals surface area (Å²) in [6.07, 6.45) is 2.29. The molecule has 0 aliphatic heterocycles. The lowest BCUT2D eigenvalue weighted by molar-refractivity contribution is -0.131. The molecule has 0 spiro atoms. The lowest BCUT2D eigenvalue weighted by Crippen LogP contribution is -2.49. The molecule has 2 aromatic rings. The number of amides is 1. The maximum Gasteiger partial charge on any atom is 0.264 e. The normalized spacial score (nSPS) is 13.6. The Morgan fingerprint density at radius 3 is 2.33 bits per heavy atom. The Labute approximate surface area is 157 Å². The summed E-state index contributed by atoms with van der Waals surface area (Å²) in [4.78, 5) is 24.2. The number of hydroxylamine groups is 1. The molecule has 1 aromatic heterocycles. The molecule has 146 valence electrons. The number of carbonyl (C=O) groups is 1. The van der Waals surface area contributed by atoms with Gasteiger partial charge in [-0.25, -0.2) is 13.9 Å². The van der Waals surface area contributed by atoms with Gasteiger partial charge in [-0.15, -0.1) is 0 Å². The van der Waals surface area contributed by atoms with Gasteiger partial charge in [0, 0.05) is 25.1 Å². The van der Waals surface area contributed by atoms with E-state index >= 15 is 0 Å². The first-order valence-electron chi connectivity index (χ1n) is 8.11. The summed E-state index contributed by atoms with van der Waals surface area (Å²) in [6.45, 7) is 1.21. The number of rotatable bonds is 7. The predicted octanol–water partition coefficient (Wildman–Crippen LogP) is 1.22. The first-order valence-corrected chi connectivity index (χ1v) is 10.0. The van der Waals surface area contributed by atoms with E-state index in [-0.39, 0.29) is 18.5 Å². The fraction of sp³-hybridized carbons (Fsp3) is 0.333. The number of benzene rings is 1. The van der Waals surface area contributed by atoms with Crippen LogP contribution in [0.3, 0.4) is 0 Å². The van der Waals surface area contributed by atoms with Crippen LogP contribution in [-0.2, 0) is 21.2 Å². The van der Waals surface area contributed by atoms with Crippen LogP contribution >= 0.6 is 0 Å². The van der Waals surface area contributed by atoms with E-state index in [1.54, 1.807) is 31.5 Å². The van der Waals surface area contributed by atoms with Crippen molar-refractivity contribution in [2.75, 3.05) is 13.4 Å². The zero-order chi connectivity index (χ0) is 20.2. The average molecular weight is 394 g/mol. The van der Waals surface area contributed by atoms with Crippen LogP contribution in [0, 0.1) is 0 Å². The largest absolute Gasteiger partial charge is 0.497 e. The second kappa shape index (κ2) is 7.93. The number of pyridine rings is 1. The molecule has 1 amide bonds. The Morgan fingerprint density at radius 2 is 1.85 bits per heavy atom. The zero-order valence-electron chi connectivity index (χ0n) is 15.3. The summed E-state index contributed by atoms with van der Waals surface area (Å²) in [5.74, 6) is -0.331. The topological polar surface area (TPSA) is 115 Å². The average Bonchev–Trinajstić information content (AvgIpc) is 2.65. The molecule has 0 saturated carbocycles. The molecular formula is C18H22N2O6S. The lowest BCUT2D eigenvalue weighted by atomic mass is 10.1. The Kier molecular flexibility index (Phi) is 6.07. The van der Waals surface area contributed by atoms with Crippen molar-refractivity contribution in [1.82, 2.24) is 10.0 Å². The summed E-state index contributed by atoms with van der Waals surface area (Å²) >= 11 is 0. The van der Waals surface area contributed by atoms with Crippen LogP contribution in [0.5, 0.6) is 5.75 Å². The second-order valence-electron chi connectivity index (χ2n) is 6.37. The highest BCUT2D eigenvalue weighted by Crippen LogP contribution is 2.23. The number of hydrogen-bond acceptors (Lipinski definition) is 6. The van der Waals surface area contributed by atoms with Crippen molar-refractivity contribution in [3.05, 3.63) is 52.9 Å². The maximum atomic E-state index is 12.4. The van der Waals surface area contributed by atoms with Gasteiger partial charge in [-0.05, 0) is 42.7 Å². The molecule has 0 aliphatic carbocycles. The van der Waals surface area contributed by atoms with Crippen LogP contribution in [0.15, 0.2) is 47.4 Å². The van der Waals surface area contributed by atoms with E-state index in [4.69, 9.17) is 9.94 Å². The number of methoxy groups -OCH3 is 1. The molecule has 1 aromatic carbocycles. The van der Waals surface area contributed by atoms with Crippen LogP contribution in [-0.4, -0.2) is 42.2 Å². The molecule has 0 fully saturated rings. The van der Waals surface area contributed by atoms with Crippen LogP contribution < -0.4 is 15.8 Å². The van der Waals surface area contributed by atoms with Crippen molar-refractivity contribution >= 4 is 15.7 Å². The Morgan fingerprint density at radius 1 is 1.22 bits per heavy atom. The minimum Gasteiger partial charge on any atom is -0.497 e. The van der Waals surface area contributed by atoms with Gasteiger partial charge < -0.3 is 9.30 Å². The molecule has 9 heteroatoms. The summed E-state index contributed by atoms with van der Waals surface area (Å²) < 4.78 is 28.5. The Balaban J connectivity index is 2.25. The highest BCUT2D eigenvalue weighted by Gasteiger charge is 2.43. The molecule has 1 heterocycles. The van der Waals surface area contributed by atoms with Gasteiger partial charge in [0.25, 0.3) is 11.5 Å². The molecule has 0 aliphatic rings. The smallest absolute Gasteiger partial charge is 0.264 e. The van der Waals surface area contributed by atoms with Crippen molar-refractivity contribution < 1.29 is 23.2 Å². The van der Waals surface area contributed by atoms with Gasteiger partial charge >= 0.3 is 0 Å². The van der Waals surface area contributed by atoms with E-state index in [0.29, 0.717) is 11.3 Å². The van der Waals surface area contributed by atoms with Crippen molar-refractivity contribution in [2.45, 2.75) is 24.6 Å². The Bertz CT molecular complexity index is 982. The SMILES string of the molecule is COc1ccc(-c2ccn(CC[C@](C)(C(=O)NO)S(C)(=O)=O)c(=O)c2)cc1. The summed E-state index contributed by atoms with van der Waals surface area (Å²) in [7, 11) is -2.25. The number of nitrogens with one attached hydrogen (secondary N) is 1. The highest BCUT2D eigenvalue weighted by molar-refractivity contribution is 7.92. The van der Waals surface area contributed by atoms with Crippen molar-refractivity contribution in [2.24, 2.45) is 0 Å². The molecule has 0 saturated heterocycles. The maximum absolute atomic E-state index is 12.4. The van der Waals surface area contributed by atoms with E-state index in [2.05, 4.69) is 0 Å². The van der Waals surface area contributed by atoms with E-state index in [1.807, 2.05) is 12.1 Å². The van der Waals surface area contributed by atoms with Crippen LogP contribution in [0.2, 0.25) is 0 Å². The zero-order valence-corrected chi connectivity index (χ0v) is 16.1. The summed E-state index contributed by atoms with van der Waals surface area (Å²) in [6, 6.07) is 10.4. The van der Waals surface area contributed by atoms with Crippen molar-refractivity contribution in [3.63, 3.8) is 0 Å². The highest BCUT2D eigenvalue weighted by atomic mass is 32.2. The quantitative estimate of drug-likeness (QED) is 0.539. The molecule has 0 unspecified atom stereocenters. The molecular weight excluding hydrogens is 372 g/mol. The number of ether oxygens (including phenoxy) is 1. The van der Waals surface area contributed by atoms with E-state index in [9.17, 15) is 18.0 Å². The standard InChI is InChI=1S/C18H22N2O6S/c1-18(17(22)19-23,27(3,24)25)9-11-20-10-8-14(12-16(20)21)13-4-6-15(26-2)7-5-13/h4-8,10,12,23H,9,11H2,1-3H3,(H,19,22)/t18-/m1/s1. The second-order valence-corrected chi connectivity index (χ2v) is 8.81. The van der Waals surface area contributed by atoms with Gasteiger partial charge in [-0.2, -0.15) is 0 Å². The molecule has 2 N–H and O–H groups in total. The third-order valence-electron chi connectivity index (χ3n) is 4.65. The fourth-order valence-corrected chi connectivity index (χ4v) is 3.42. The lowest BCUT2D eigenvalue weighted by Gasteiger charge is -2.25. The number of carbonyl (C=O) groups excluding carboxylic acids is 1. The molecule has 1 atom stereocenters. The van der Waals surface area contributed by atoms with Crippen molar-refractivity contribution in [1.29, 1.82) is 0 Å². The molecule has 0 radical (unpaired) electrons. The summed E-state index contributed by atoms with van der Waals surface area (Å²) in [5, 5.41) is 8.84. The predicted molar refractivity (Wildman–Crippen MR) is 100 cm³/mol. The van der Waals surface area contributed by atoms with Crippen LogP contribution in [0.1, 0.15) is 13.3 Å². The van der Waals surface area contributed by atoms with Crippen molar-refractivity contribution in [3.8, 4) is 16.9 Å². The van der Waals surface area contributed by atoms with E-state index in [0.717, 1.165) is 11.8 Å². The van der Waals surface area contributed by atoms with Gasteiger partial charge in [-0.3, -0.25) is 14.8 Å². The minimum absolute atomic E-state index is 0.00127. The number of sulfone groups is 1. The molecule has 8 nitrogen and oxygen atoms in total. The number of hydrogen-bond donors (Lipinski definition) is 2. The third-order valence-corrected chi connectivity index (χ3v) is 6.68. The first-order chi connectivity index (χ1) is 12.6. The number of aryl methyl sites for hydroxylation is 1. The van der Waals surface area contributed by atoms with Gasteiger partial charge in [0.15, 0.2) is 14.6 Å². The molecule has 2 rings (SSSR count). The number of aromatic nitrogens is 1. The van der Waals surface area contributed by atoms with Gasteiger partial charge in [0.1, 0.15) is 5.75 Å².